The molecule has 2 N–H and O–H groups in total. The minimum atomic E-state index is -4.43. The summed E-state index contributed by atoms with van der Waals surface area (Å²) >= 11 is 0. The zero-order valence-electron chi connectivity index (χ0n) is 18.2. The van der Waals surface area contributed by atoms with Gasteiger partial charge < -0.3 is 15.3 Å². The van der Waals surface area contributed by atoms with Crippen molar-refractivity contribution in [2.24, 2.45) is 0 Å². The van der Waals surface area contributed by atoms with Gasteiger partial charge in [0.05, 0.1) is 17.7 Å². The summed E-state index contributed by atoms with van der Waals surface area (Å²) in [4.78, 5) is 16.5. The topological polar surface area (TPSA) is 61.8 Å². The van der Waals surface area contributed by atoms with Crippen LogP contribution in [0.1, 0.15) is 66.7 Å². The molecule has 0 unspecified atom stereocenters. The predicted molar refractivity (Wildman–Crippen MR) is 120 cm³/mol. The Hall–Kier alpha value is -3.00. The predicted octanol–water partition coefficient (Wildman–Crippen LogP) is 6.10. The van der Waals surface area contributed by atoms with Crippen molar-refractivity contribution < 1.29 is 27.9 Å². The largest absolute Gasteiger partial charge is 0.481 e. The van der Waals surface area contributed by atoms with E-state index >= 15 is 0 Å². The minimum absolute atomic E-state index is 0.0440. The van der Waals surface area contributed by atoms with Crippen LogP contribution in [0.2, 0.25) is 0 Å². The first-order valence-electron chi connectivity index (χ1n) is 11.2. The minimum Gasteiger partial charge on any atom is -0.481 e. The molecule has 8 heteroatoms. The Kier molecular flexibility index (Phi) is 6.93. The van der Waals surface area contributed by atoms with E-state index in [1.807, 2.05) is 12.1 Å². The smallest absolute Gasteiger partial charge is 0.416 e. The van der Waals surface area contributed by atoms with Gasteiger partial charge in [-0.15, -0.1) is 0 Å². The third kappa shape index (κ3) is 5.68. The molecule has 0 saturated heterocycles. The third-order valence-corrected chi connectivity index (χ3v) is 6.15. The van der Waals surface area contributed by atoms with E-state index in [1.165, 1.54) is 11.1 Å². The van der Waals surface area contributed by atoms with Gasteiger partial charge in [-0.1, -0.05) is 31.4 Å². The third-order valence-electron chi connectivity index (χ3n) is 6.15. The molecule has 1 aliphatic heterocycles. The standard InChI is InChI=1S/C25H27F3N2O3/c26-25(27,28)22-15-20(7-8-21(22)18-4-2-1-3-5-18)30-13-11-19-14-17(6-9-23(19)33-30)16-29-12-10-24(31)32/h6-9,11,13-15,18,29H,1-5,10,12,16H2,(H,31,32). The summed E-state index contributed by atoms with van der Waals surface area (Å²) in [6, 6.07) is 9.99. The van der Waals surface area contributed by atoms with Crippen molar-refractivity contribution >= 4 is 17.7 Å². The van der Waals surface area contributed by atoms with E-state index in [0.29, 0.717) is 30.1 Å². The fourth-order valence-electron chi connectivity index (χ4n) is 4.47. The summed E-state index contributed by atoms with van der Waals surface area (Å²) < 4.78 is 41.7. The molecule has 2 aliphatic rings. The number of carboxylic acid groups (broad SMARTS) is 1. The number of fused-ring (bicyclic) bond motifs is 1. The Balaban J connectivity index is 1.50. The fourth-order valence-corrected chi connectivity index (χ4v) is 4.47. The Morgan fingerprint density at radius 2 is 1.91 bits per heavy atom. The van der Waals surface area contributed by atoms with Crippen LogP contribution in [0.5, 0.6) is 5.75 Å². The maximum atomic E-state index is 13.9. The monoisotopic (exact) mass is 460 g/mol. The second-order valence-corrected chi connectivity index (χ2v) is 8.53. The number of nitrogens with one attached hydrogen (secondary N) is 1. The quantitative estimate of drug-likeness (QED) is 0.489. The molecule has 0 aromatic heterocycles. The zero-order chi connectivity index (χ0) is 23.4. The second-order valence-electron chi connectivity index (χ2n) is 8.53. The average Bonchev–Trinajstić information content (AvgIpc) is 2.81. The lowest BCUT2D eigenvalue weighted by molar-refractivity contribution is -0.138. The summed E-state index contributed by atoms with van der Waals surface area (Å²) in [7, 11) is 0. The Labute approximate surface area is 190 Å². The highest BCUT2D eigenvalue weighted by atomic mass is 19.4. The van der Waals surface area contributed by atoms with Gasteiger partial charge in [0.2, 0.25) is 0 Å². The fraction of sp³-hybridized carbons (Fsp3) is 0.400. The number of aliphatic carboxylic acids is 1. The summed E-state index contributed by atoms with van der Waals surface area (Å²) in [6.45, 7) is 0.876. The first-order chi connectivity index (χ1) is 15.8. The molecule has 33 heavy (non-hydrogen) atoms. The number of carboxylic acids is 1. The van der Waals surface area contributed by atoms with Crippen LogP contribution in [0.3, 0.4) is 0 Å². The van der Waals surface area contributed by atoms with Crippen LogP contribution < -0.4 is 15.2 Å². The van der Waals surface area contributed by atoms with Crippen LogP contribution in [-0.2, 0) is 17.5 Å². The lowest BCUT2D eigenvalue weighted by Crippen LogP contribution is -2.24. The number of alkyl halides is 3. The molecule has 1 fully saturated rings. The molecule has 4 rings (SSSR count). The molecule has 1 aliphatic carbocycles. The number of halogens is 3. The van der Waals surface area contributed by atoms with Crippen LogP contribution in [0.4, 0.5) is 18.9 Å². The van der Waals surface area contributed by atoms with Gasteiger partial charge in [0, 0.05) is 24.9 Å². The van der Waals surface area contributed by atoms with E-state index in [-0.39, 0.29) is 12.3 Å². The van der Waals surface area contributed by atoms with E-state index in [9.17, 15) is 18.0 Å². The second kappa shape index (κ2) is 9.87. The van der Waals surface area contributed by atoms with Crippen molar-refractivity contribution in [1.82, 2.24) is 5.32 Å². The highest BCUT2D eigenvalue weighted by molar-refractivity contribution is 5.67. The molecule has 2 aromatic carbocycles. The zero-order valence-corrected chi connectivity index (χ0v) is 18.2. The SMILES string of the molecule is O=C(O)CCNCc1ccc2c(c1)C=CN(c1ccc(C3CCCCC3)c(C(F)(F)F)c1)O2. The molecule has 5 nitrogen and oxygen atoms in total. The van der Waals surface area contributed by atoms with Gasteiger partial charge in [0.1, 0.15) is 0 Å². The average molecular weight is 460 g/mol. The van der Waals surface area contributed by atoms with E-state index in [1.54, 1.807) is 30.5 Å². The summed E-state index contributed by atoms with van der Waals surface area (Å²) in [5, 5.41) is 13.1. The van der Waals surface area contributed by atoms with Gasteiger partial charge in [-0.2, -0.15) is 18.2 Å². The lowest BCUT2D eigenvalue weighted by atomic mass is 9.82. The van der Waals surface area contributed by atoms with Crippen molar-refractivity contribution in [3.05, 3.63) is 64.9 Å². The summed E-state index contributed by atoms with van der Waals surface area (Å²) in [5.41, 5.74) is 1.88. The number of rotatable bonds is 7. The van der Waals surface area contributed by atoms with Crippen molar-refractivity contribution in [1.29, 1.82) is 0 Å². The molecule has 0 bridgehead atoms. The molecular weight excluding hydrogens is 433 g/mol. The van der Waals surface area contributed by atoms with Gasteiger partial charge >= 0.3 is 12.1 Å². The molecule has 1 heterocycles. The number of hydroxylamine groups is 1. The first kappa shape index (κ1) is 23.2. The van der Waals surface area contributed by atoms with Crippen molar-refractivity contribution in [3.8, 4) is 5.75 Å². The van der Waals surface area contributed by atoms with Crippen LogP contribution in [0.25, 0.3) is 6.08 Å². The van der Waals surface area contributed by atoms with Crippen molar-refractivity contribution in [2.45, 2.75) is 57.2 Å². The van der Waals surface area contributed by atoms with Crippen molar-refractivity contribution in [3.63, 3.8) is 0 Å². The van der Waals surface area contributed by atoms with Crippen molar-refractivity contribution in [2.75, 3.05) is 11.6 Å². The van der Waals surface area contributed by atoms with Gasteiger partial charge in [-0.05, 0) is 60.2 Å². The number of carbonyl (C=O) groups is 1. The van der Waals surface area contributed by atoms with Crippen LogP contribution in [0.15, 0.2) is 42.6 Å². The Morgan fingerprint density at radius 3 is 2.64 bits per heavy atom. The van der Waals surface area contributed by atoms with Gasteiger partial charge in [0.15, 0.2) is 5.75 Å². The normalized spacial score (nSPS) is 16.4. The molecular formula is C25H27F3N2O3. The molecule has 2 aromatic rings. The number of hydrogen-bond donors (Lipinski definition) is 2. The van der Waals surface area contributed by atoms with E-state index in [0.717, 1.165) is 43.2 Å². The highest BCUT2D eigenvalue weighted by Crippen LogP contribution is 2.42. The molecule has 0 spiro atoms. The molecule has 0 atom stereocenters. The molecule has 0 radical (unpaired) electrons. The maximum absolute atomic E-state index is 13.9. The Morgan fingerprint density at radius 1 is 1.12 bits per heavy atom. The summed E-state index contributed by atoms with van der Waals surface area (Å²) in [6.07, 6.45) is 3.63. The van der Waals surface area contributed by atoms with E-state index in [2.05, 4.69) is 5.32 Å². The van der Waals surface area contributed by atoms with Gasteiger partial charge in [0.25, 0.3) is 0 Å². The van der Waals surface area contributed by atoms with E-state index < -0.39 is 17.7 Å². The number of hydrogen-bond acceptors (Lipinski definition) is 4. The highest BCUT2D eigenvalue weighted by Gasteiger charge is 2.36. The van der Waals surface area contributed by atoms with Gasteiger partial charge in [-0.25, -0.2) is 0 Å². The maximum Gasteiger partial charge on any atom is 0.416 e. The van der Waals surface area contributed by atoms with Crippen LogP contribution in [-0.4, -0.2) is 17.6 Å². The Bertz CT molecular complexity index is 1030. The van der Waals surface area contributed by atoms with Gasteiger partial charge in [-0.3, -0.25) is 4.79 Å². The van der Waals surface area contributed by atoms with E-state index in [4.69, 9.17) is 9.94 Å². The molecule has 176 valence electrons. The van der Waals surface area contributed by atoms with Crippen LogP contribution >= 0.6 is 0 Å². The number of anilines is 1. The summed E-state index contributed by atoms with van der Waals surface area (Å²) in [5.74, 6) is -0.369. The lowest BCUT2D eigenvalue weighted by Gasteiger charge is -2.29. The number of nitrogens with zero attached hydrogens (tertiary/aromatic N) is 1. The van der Waals surface area contributed by atoms with Crippen LogP contribution in [0, 0.1) is 0 Å². The first-order valence-corrected chi connectivity index (χ1v) is 11.2. The number of benzene rings is 2. The molecule has 1 saturated carbocycles. The molecule has 0 amide bonds.